The van der Waals surface area contributed by atoms with Gasteiger partial charge >= 0.3 is 0 Å². The number of nitrogens with zero attached hydrogens (tertiary/aromatic N) is 4. The van der Waals surface area contributed by atoms with Crippen molar-refractivity contribution in [3.8, 4) is 11.4 Å². The summed E-state index contributed by atoms with van der Waals surface area (Å²) in [6, 6.07) is 11.5. The fraction of sp³-hybridized carbons (Fsp3) is 0.280. The van der Waals surface area contributed by atoms with E-state index in [2.05, 4.69) is 15.8 Å². The standard InChI is InChI=1S/C23H21N5O.C2H6/c1-14-4-2-5-19(26-14)22-21(20-6-3-11-28(20)27-22)15-9-10-25-18-8-7-16(23(24)29)13-17(18)12-15;1-2/h2,4-5,7-10,13H,3,6,11-12H2,1H3,(H2,24,29);1-2H3. The summed E-state index contributed by atoms with van der Waals surface area (Å²) in [6.45, 7) is 6.92. The van der Waals surface area contributed by atoms with Crippen LogP contribution in [-0.2, 0) is 19.4 Å². The molecule has 31 heavy (non-hydrogen) atoms. The second-order valence-corrected chi connectivity index (χ2v) is 7.52. The van der Waals surface area contributed by atoms with Gasteiger partial charge in [0.25, 0.3) is 0 Å². The second-order valence-electron chi connectivity index (χ2n) is 7.52. The highest BCUT2D eigenvalue weighted by Crippen LogP contribution is 2.37. The van der Waals surface area contributed by atoms with Gasteiger partial charge in [0.15, 0.2) is 0 Å². The Morgan fingerprint density at radius 2 is 2.00 bits per heavy atom. The van der Waals surface area contributed by atoms with Crippen molar-refractivity contribution in [3.63, 3.8) is 0 Å². The molecule has 1 aromatic carbocycles. The van der Waals surface area contributed by atoms with E-state index >= 15 is 0 Å². The molecule has 4 heterocycles. The van der Waals surface area contributed by atoms with Crippen LogP contribution in [0.2, 0.25) is 0 Å². The summed E-state index contributed by atoms with van der Waals surface area (Å²) in [7, 11) is 0. The number of allylic oxidation sites excluding steroid dienone is 2. The van der Waals surface area contributed by atoms with Crippen molar-refractivity contribution < 1.29 is 4.79 Å². The third kappa shape index (κ3) is 3.93. The Bertz CT molecular complexity index is 1200. The summed E-state index contributed by atoms with van der Waals surface area (Å²) in [5, 5.41) is 4.90. The van der Waals surface area contributed by atoms with Crippen LogP contribution in [0.1, 0.15) is 53.1 Å². The van der Waals surface area contributed by atoms with Crippen LogP contribution < -0.4 is 5.73 Å². The molecule has 6 heteroatoms. The van der Waals surface area contributed by atoms with Gasteiger partial charge in [0, 0.05) is 41.7 Å². The number of amides is 1. The number of hydrogen-bond donors (Lipinski definition) is 1. The van der Waals surface area contributed by atoms with Gasteiger partial charge in [0.2, 0.25) is 5.91 Å². The van der Waals surface area contributed by atoms with Crippen molar-refractivity contribution in [2.24, 2.45) is 10.7 Å². The average Bonchev–Trinajstić information content (AvgIpc) is 3.30. The first-order valence-corrected chi connectivity index (χ1v) is 10.8. The summed E-state index contributed by atoms with van der Waals surface area (Å²) in [4.78, 5) is 20.9. The predicted molar refractivity (Wildman–Crippen MR) is 125 cm³/mol. The molecule has 2 N–H and O–H groups in total. The zero-order chi connectivity index (χ0) is 22.0. The maximum Gasteiger partial charge on any atom is 0.248 e. The highest BCUT2D eigenvalue weighted by molar-refractivity contribution is 5.96. The minimum absolute atomic E-state index is 0.428. The molecule has 6 nitrogen and oxygen atoms in total. The molecule has 0 fully saturated rings. The first-order chi connectivity index (χ1) is 15.1. The molecule has 3 aromatic rings. The van der Waals surface area contributed by atoms with E-state index in [1.54, 1.807) is 6.07 Å². The lowest BCUT2D eigenvalue weighted by molar-refractivity contribution is 0.1000. The van der Waals surface area contributed by atoms with Crippen LogP contribution >= 0.6 is 0 Å². The topological polar surface area (TPSA) is 86.2 Å². The van der Waals surface area contributed by atoms with E-state index in [1.165, 1.54) is 5.69 Å². The number of benzene rings is 1. The summed E-state index contributed by atoms with van der Waals surface area (Å²) in [6.07, 6.45) is 6.64. The van der Waals surface area contributed by atoms with Crippen LogP contribution in [-0.4, -0.2) is 26.9 Å². The van der Waals surface area contributed by atoms with Crippen LogP contribution in [0.3, 0.4) is 0 Å². The Morgan fingerprint density at radius 1 is 1.16 bits per heavy atom. The zero-order valence-corrected chi connectivity index (χ0v) is 18.2. The molecule has 0 aliphatic carbocycles. The monoisotopic (exact) mass is 413 g/mol. The number of aliphatic imine (C=N–C) groups is 1. The quantitative estimate of drug-likeness (QED) is 0.677. The number of aryl methyl sites for hydroxylation is 2. The number of fused-ring (bicyclic) bond motifs is 2. The third-order valence-corrected chi connectivity index (χ3v) is 5.53. The predicted octanol–water partition coefficient (Wildman–Crippen LogP) is 4.67. The molecule has 0 spiro atoms. The Balaban J connectivity index is 0.00000112. The molecular formula is C25H27N5O. The van der Waals surface area contributed by atoms with Crippen molar-refractivity contribution in [2.45, 2.75) is 46.6 Å². The molecule has 2 aliphatic heterocycles. The summed E-state index contributed by atoms with van der Waals surface area (Å²) in [5.41, 5.74) is 14.1. The van der Waals surface area contributed by atoms with Crippen LogP contribution in [0.25, 0.3) is 17.0 Å². The molecular weight excluding hydrogens is 386 g/mol. The maximum atomic E-state index is 11.7. The highest BCUT2D eigenvalue weighted by Gasteiger charge is 2.26. The molecule has 0 atom stereocenters. The van der Waals surface area contributed by atoms with Crippen molar-refractivity contribution in [1.29, 1.82) is 0 Å². The molecule has 0 radical (unpaired) electrons. The minimum atomic E-state index is -0.428. The number of nitrogens with two attached hydrogens (primary N) is 1. The van der Waals surface area contributed by atoms with Gasteiger partial charge in [-0.05, 0) is 67.3 Å². The van der Waals surface area contributed by atoms with Crippen LogP contribution in [0.15, 0.2) is 47.5 Å². The summed E-state index contributed by atoms with van der Waals surface area (Å²) < 4.78 is 2.11. The van der Waals surface area contributed by atoms with Crippen molar-refractivity contribution in [3.05, 3.63) is 70.6 Å². The van der Waals surface area contributed by atoms with E-state index in [0.29, 0.717) is 12.0 Å². The highest BCUT2D eigenvalue weighted by atomic mass is 16.1. The van der Waals surface area contributed by atoms with E-state index in [4.69, 9.17) is 15.8 Å². The summed E-state index contributed by atoms with van der Waals surface area (Å²) in [5.74, 6) is -0.428. The second kappa shape index (κ2) is 8.68. The van der Waals surface area contributed by atoms with Crippen molar-refractivity contribution in [2.75, 3.05) is 0 Å². The van der Waals surface area contributed by atoms with Crippen molar-refractivity contribution in [1.82, 2.24) is 14.8 Å². The molecule has 0 bridgehead atoms. The average molecular weight is 414 g/mol. The van der Waals surface area contributed by atoms with Gasteiger partial charge in [0.05, 0.1) is 11.4 Å². The maximum absolute atomic E-state index is 11.7. The fourth-order valence-corrected chi connectivity index (χ4v) is 4.17. The molecule has 2 aliphatic rings. The van der Waals surface area contributed by atoms with Gasteiger partial charge in [-0.1, -0.05) is 19.9 Å². The molecule has 158 valence electrons. The zero-order valence-electron chi connectivity index (χ0n) is 18.2. The summed E-state index contributed by atoms with van der Waals surface area (Å²) >= 11 is 0. The lowest BCUT2D eigenvalue weighted by Crippen LogP contribution is -2.11. The lowest BCUT2D eigenvalue weighted by Gasteiger charge is -2.11. The van der Waals surface area contributed by atoms with E-state index in [9.17, 15) is 4.79 Å². The van der Waals surface area contributed by atoms with Crippen LogP contribution in [0.5, 0.6) is 0 Å². The van der Waals surface area contributed by atoms with Gasteiger partial charge in [-0.2, -0.15) is 5.10 Å². The van der Waals surface area contributed by atoms with Crippen LogP contribution in [0, 0.1) is 6.92 Å². The number of carbonyl (C=O) groups is 1. The van der Waals surface area contributed by atoms with E-state index in [-0.39, 0.29) is 0 Å². The molecule has 0 saturated heterocycles. The SMILES string of the molecule is CC.Cc1cccc(-c2nn3c(c2C2=CC=Nc4ccc(C(N)=O)cc4C2)CCC3)n1. The third-order valence-electron chi connectivity index (χ3n) is 5.53. The number of carbonyl (C=O) groups excluding carboxylic acids is 1. The van der Waals surface area contributed by atoms with Gasteiger partial charge in [-0.15, -0.1) is 0 Å². The van der Waals surface area contributed by atoms with Gasteiger partial charge < -0.3 is 5.73 Å². The van der Waals surface area contributed by atoms with E-state index < -0.39 is 5.91 Å². The Hall–Kier alpha value is -3.54. The fourth-order valence-electron chi connectivity index (χ4n) is 4.17. The molecule has 5 rings (SSSR count). The Labute approximate surface area is 182 Å². The first-order valence-electron chi connectivity index (χ1n) is 10.8. The van der Waals surface area contributed by atoms with Crippen LogP contribution in [0.4, 0.5) is 5.69 Å². The number of primary amides is 1. The molecule has 0 unspecified atom stereocenters. The van der Waals surface area contributed by atoms with Gasteiger partial charge in [0.1, 0.15) is 5.69 Å². The Kier molecular flexibility index (Phi) is 5.80. The number of rotatable bonds is 3. The van der Waals surface area contributed by atoms with Gasteiger partial charge in [-0.3, -0.25) is 19.5 Å². The number of pyridine rings is 1. The van der Waals surface area contributed by atoms with Crippen molar-refractivity contribution >= 4 is 23.4 Å². The molecule has 2 aromatic heterocycles. The number of hydrogen-bond acceptors (Lipinski definition) is 4. The first kappa shape index (κ1) is 20.7. The van der Waals surface area contributed by atoms with Gasteiger partial charge in [-0.25, -0.2) is 0 Å². The van der Waals surface area contributed by atoms with E-state index in [0.717, 1.165) is 58.9 Å². The van der Waals surface area contributed by atoms with E-state index in [1.807, 2.05) is 57.3 Å². The Morgan fingerprint density at radius 3 is 2.77 bits per heavy atom. The number of aromatic nitrogens is 3. The normalized spacial score (nSPS) is 14.1. The smallest absolute Gasteiger partial charge is 0.248 e. The molecule has 0 saturated carbocycles. The lowest BCUT2D eigenvalue weighted by atomic mass is 9.93. The largest absolute Gasteiger partial charge is 0.366 e. The minimum Gasteiger partial charge on any atom is -0.366 e. The molecule has 1 amide bonds.